The lowest BCUT2D eigenvalue weighted by molar-refractivity contribution is -0.122. The van der Waals surface area contributed by atoms with Crippen LogP contribution in [0.5, 0.6) is 0 Å². The number of nitrogens with one attached hydrogen (secondary N) is 1. The Hall–Kier alpha value is -1.79. The number of carbonyl (C=O) groups excluding carboxylic acids is 1. The number of aromatic nitrogens is 2. The second kappa shape index (κ2) is 6.54. The van der Waals surface area contributed by atoms with Crippen LogP contribution in [-0.2, 0) is 4.79 Å². The summed E-state index contributed by atoms with van der Waals surface area (Å²) in [5.74, 6) is -0.170. The maximum absolute atomic E-state index is 12.1. The molecule has 6 heteroatoms. The first kappa shape index (κ1) is 15.1. The topological polar surface area (TPSA) is 75.1 Å². The standard InChI is InChI=1S/C16H19N3O2S/c20-14(9-16(21)6-2-1-3-7-16)19-15-18-13(11-22-15)12-5-4-8-17-10-12/h4-5,8,10-11,21H,1-3,6-7,9H2,(H,18,19,20). The van der Waals surface area contributed by atoms with Crippen LogP contribution in [0.15, 0.2) is 29.9 Å². The molecule has 0 saturated heterocycles. The monoisotopic (exact) mass is 317 g/mol. The molecule has 0 bridgehead atoms. The summed E-state index contributed by atoms with van der Waals surface area (Å²) in [5, 5.41) is 15.7. The van der Waals surface area contributed by atoms with Crippen molar-refractivity contribution in [3.05, 3.63) is 29.9 Å². The first-order chi connectivity index (χ1) is 10.6. The quantitative estimate of drug-likeness (QED) is 0.908. The van der Waals surface area contributed by atoms with Crippen molar-refractivity contribution in [1.82, 2.24) is 9.97 Å². The molecule has 2 N–H and O–H groups in total. The molecule has 1 aliphatic carbocycles. The number of nitrogens with zero attached hydrogens (tertiary/aromatic N) is 2. The van der Waals surface area contributed by atoms with Gasteiger partial charge in [-0.1, -0.05) is 19.3 Å². The molecule has 1 fully saturated rings. The molecule has 2 aromatic heterocycles. The molecule has 2 aromatic rings. The summed E-state index contributed by atoms with van der Waals surface area (Å²) < 4.78 is 0. The first-order valence-corrected chi connectivity index (χ1v) is 8.41. The molecule has 0 spiro atoms. The van der Waals surface area contributed by atoms with Crippen LogP contribution < -0.4 is 5.32 Å². The summed E-state index contributed by atoms with van der Waals surface area (Å²) in [7, 11) is 0. The van der Waals surface area contributed by atoms with Crippen LogP contribution >= 0.6 is 11.3 Å². The van der Waals surface area contributed by atoms with Gasteiger partial charge in [0, 0.05) is 23.3 Å². The number of aliphatic hydroxyl groups is 1. The van der Waals surface area contributed by atoms with Gasteiger partial charge < -0.3 is 10.4 Å². The van der Waals surface area contributed by atoms with Gasteiger partial charge in [-0.15, -0.1) is 11.3 Å². The maximum Gasteiger partial charge on any atom is 0.229 e. The van der Waals surface area contributed by atoms with Crippen LogP contribution in [-0.4, -0.2) is 26.6 Å². The van der Waals surface area contributed by atoms with E-state index in [0.29, 0.717) is 18.0 Å². The highest BCUT2D eigenvalue weighted by molar-refractivity contribution is 7.14. The van der Waals surface area contributed by atoms with Crippen LogP contribution in [0.3, 0.4) is 0 Å². The van der Waals surface area contributed by atoms with E-state index < -0.39 is 5.60 Å². The van der Waals surface area contributed by atoms with E-state index >= 15 is 0 Å². The van der Waals surface area contributed by atoms with Gasteiger partial charge >= 0.3 is 0 Å². The number of amides is 1. The highest BCUT2D eigenvalue weighted by atomic mass is 32.1. The van der Waals surface area contributed by atoms with Crippen molar-refractivity contribution in [3.8, 4) is 11.3 Å². The van der Waals surface area contributed by atoms with Crippen molar-refractivity contribution >= 4 is 22.4 Å². The number of thiazole rings is 1. The highest BCUT2D eigenvalue weighted by Gasteiger charge is 2.31. The second-order valence-corrected chi connectivity index (χ2v) is 6.65. The van der Waals surface area contributed by atoms with E-state index in [1.807, 2.05) is 17.5 Å². The highest BCUT2D eigenvalue weighted by Crippen LogP contribution is 2.31. The molecular weight excluding hydrogens is 298 g/mol. The molecule has 116 valence electrons. The van der Waals surface area contributed by atoms with E-state index in [0.717, 1.165) is 30.5 Å². The van der Waals surface area contributed by atoms with E-state index in [2.05, 4.69) is 15.3 Å². The molecule has 5 nitrogen and oxygen atoms in total. The van der Waals surface area contributed by atoms with E-state index in [4.69, 9.17) is 0 Å². The maximum atomic E-state index is 12.1. The van der Waals surface area contributed by atoms with Crippen LogP contribution in [0.2, 0.25) is 0 Å². The lowest BCUT2D eigenvalue weighted by Gasteiger charge is -2.31. The van der Waals surface area contributed by atoms with Crippen LogP contribution in [0.1, 0.15) is 38.5 Å². The zero-order chi connectivity index (χ0) is 15.4. The summed E-state index contributed by atoms with van der Waals surface area (Å²) in [6, 6.07) is 3.78. The van der Waals surface area contributed by atoms with Gasteiger partial charge in [-0.25, -0.2) is 4.98 Å². The largest absolute Gasteiger partial charge is 0.389 e. The summed E-state index contributed by atoms with van der Waals surface area (Å²) in [6.45, 7) is 0. The molecule has 0 atom stereocenters. The molecule has 3 rings (SSSR count). The Morgan fingerprint density at radius 3 is 2.91 bits per heavy atom. The molecule has 0 aromatic carbocycles. The third-order valence-electron chi connectivity index (χ3n) is 3.98. The average molecular weight is 317 g/mol. The minimum Gasteiger partial charge on any atom is -0.389 e. The van der Waals surface area contributed by atoms with E-state index in [-0.39, 0.29) is 12.3 Å². The van der Waals surface area contributed by atoms with Gasteiger partial charge in [0.1, 0.15) is 0 Å². The summed E-state index contributed by atoms with van der Waals surface area (Å²) in [6.07, 6.45) is 8.14. The third-order valence-corrected chi connectivity index (χ3v) is 4.74. The van der Waals surface area contributed by atoms with Crippen molar-refractivity contribution < 1.29 is 9.90 Å². The second-order valence-electron chi connectivity index (χ2n) is 5.79. The Bertz CT molecular complexity index is 636. The van der Waals surface area contributed by atoms with Crippen molar-refractivity contribution in [2.75, 3.05) is 5.32 Å². The predicted molar refractivity (Wildman–Crippen MR) is 86.6 cm³/mol. The third kappa shape index (κ3) is 3.69. The van der Waals surface area contributed by atoms with Crippen LogP contribution in [0.25, 0.3) is 11.3 Å². The fourth-order valence-electron chi connectivity index (χ4n) is 2.83. The lowest BCUT2D eigenvalue weighted by atomic mass is 9.82. The number of anilines is 1. The minimum atomic E-state index is -0.841. The molecular formula is C16H19N3O2S. The Balaban J connectivity index is 1.61. The molecule has 1 amide bonds. The lowest BCUT2D eigenvalue weighted by Crippen LogP contribution is -2.35. The molecule has 0 unspecified atom stereocenters. The predicted octanol–water partition coefficient (Wildman–Crippen LogP) is 3.23. The summed E-state index contributed by atoms with van der Waals surface area (Å²) >= 11 is 1.38. The molecule has 2 heterocycles. The Labute approximate surface area is 133 Å². The minimum absolute atomic E-state index is 0.148. The fourth-order valence-corrected chi connectivity index (χ4v) is 3.56. The number of hydrogen-bond donors (Lipinski definition) is 2. The summed E-state index contributed by atoms with van der Waals surface area (Å²) in [4.78, 5) is 20.6. The molecule has 0 aliphatic heterocycles. The molecule has 1 saturated carbocycles. The van der Waals surface area contributed by atoms with E-state index in [1.54, 1.807) is 12.4 Å². The summed E-state index contributed by atoms with van der Waals surface area (Å²) in [5.41, 5.74) is 0.876. The van der Waals surface area contributed by atoms with Gasteiger partial charge in [-0.05, 0) is 25.0 Å². The number of pyridine rings is 1. The Morgan fingerprint density at radius 2 is 2.18 bits per heavy atom. The van der Waals surface area contributed by atoms with Gasteiger partial charge in [0.15, 0.2) is 5.13 Å². The first-order valence-electron chi connectivity index (χ1n) is 7.53. The van der Waals surface area contributed by atoms with Gasteiger partial charge in [0.2, 0.25) is 5.91 Å². The molecule has 1 aliphatic rings. The van der Waals surface area contributed by atoms with Gasteiger partial charge in [-0.3, -0.25) is 9.78 Å². The zero-order valence-corrected chi connectivity index (χ0v) is 13.1. The average Bonchev–Trinajstić information content (AvgIpc) is 2.96. The van der Waals surface area contributed by atoms with Crippen molar-refractivity contribution in [1.29, 1.82) is 0 Å². The van der Waals surface area contributed by atoms with E-state index in [1.165, 1.54) is 11.3 Å². The number of rotatable bonds is 4. The molecule has 0 radical (unpaired) electrons. The number of hydrogen-bond acceptors (Lipinski definition) is 5. The fraction of sp³-hybridized carbons (Fsp3) is 0.438. The Morgan fingerprint density at radius 1 is 1.36 bits per heavy atom. The smallest absolute Gasteiger partial charge is 0.229 e. The zero-order valence-electron chi connectivity index (χ0n) is 12.3. The molecule has 22 heavy (non-hydrogen) atoms. The van der Waals surface area contributed by atoms with Crippen molar-refractivity contribution in [2.45, 2.75) is 44.1 Å². The van der Waals surface area contributed by atoms with Gasteiger partial charge in [-0.2, -0.15) is 0 Å². The van der Waals surface area contributed by atoms with Crippen molar-refractivity contribution in [2.24, 2.45) is 0 Å². The van der Waals surface area contributed by atoms with Crippen molar-refractivity contribution in [3.63, 3.8) is 0 Å². The van der Waals surface area contributed by atoms with Gasteiger partial charge in [0.25, 0.3) is 0 Å². The van der Waals surface area contributed by atoms with E-state index in [9.17, 15) is 9.90 Å². The number of carbonyl (C=O) groups is 1. The van der Waals surface area contributed by atoms with Crippen LogP contribution in [0, 0.1) is 0 Å². The van der Waals surface area contributed by atoms with Crippen LogP contribution in [0.4, 0.5) is 5.13 Å². The van der Waals surface area contributed by atoms with Gasteiger partial charge in [0.05, 0.1) is 17.7 Å². The SMILES string of the molecule is O=C(CC1(O)CCCCC1)Nc1nc(-c2cccnc2)cs1. The normalized spacial score (nSPS) is 17.1. The Kier molecular flexibility index (Phi) is 4.49.